The quantitative estimate of drug-likeness (QED) is 0.489. The van der Waals surface area contributed by atoms with Crippen molar-refractivity contribution >= 4 is 0 Å². The Labute approximate surface area is 130 Å². The topological polar surface area (TPSA) is 20.2 Å². The van der Waals surface area contributed by atoms with E-state index < -0.39 is 0 Å². The number of rotatable bonds is 2. The van der Waals surface area contributed by atoms with Gasteiger partial charge < -0.3 is 5.11 Å². The summed E-state index contributed by atoms with van der Waals surface area (Å²) in [4.78, 5) is 0. The molecule has 0 radical (unpaired) electrons. The molecule has 0 amide bonds. The van der Waals surface area contributed by atoms with E-state index in [9.17, 15) is 5.11 Å². The summed E-state index contributed by atoms with van der Waals surface area (Å²) in [7, 11) is 0. The Morgan fingerprint density at radius 1 is 0.900 bits per heavy atom. The van der Waals surface area contributed by atoms with E-state index in [4.69, 9.17) is 0 Å². The Hall–Kier alpha value is -1.89. The van der Waals surface area contributed by atoms with Crippen molar-refractivity contribution < 1.29 is 22.2 Å². The predicted octanol–water partition coefficient (Wildman–Crippen LogP) is 4.57. The molecule has 0 spiro atoms. The van der Waals surface area contributed by atoms with Gasteiger partial charge in [0.25, 0.3) is 0 Å². The third-order valence-electron chi connectivity index (χ3n) is 2.77. The third kappa shape index (κ3) is 5.39. The Morgan fingerprint density at radius 2 is 1.50 bits per heavy atom. The van der Waals surface area contributed by atoms with Gasteiger partial charge in [0, 0.05) is 29.1 Å². The molecule has 1 aliphatic carbocycles. The van der Waals surface area contributed by atoms with E-state index in [-0.39, 0.29) is 17.1 Å². The monoisotopic (exact) mass is 305 g/mol. The van der Waals surface area contributed by atoms with Crippen molar-refractivity contribution in [1.82, 2.24) is 0 Å². The first kappa shape index (κ1) is 16.2. The van der Waals surface area contributed by atoms with Gasteiger partial charge in [-0.1, -0.05) is 54.6 Å². The molecule has 0 fully saturated rings. The Morgan fingerprint density at radius 3 is 2.00 bits per heavy atom. The predicted molar refractivity (Wildman–Crippen MR) is 80.1 cm³/mol. The molecule has 0 bridgehead atoms. The van der Waals surface area contributed by atoms with E-state index >= 15 is 0 Å². The van der Waals surface area contributed by atoms with Crippen LogP contribution in [0.4, 0.5) is 0 Å². The van der Waals surface area contributed by atoms with Crippen LogP contribution in [0.25, 0.3) is 0 Å². The van der Waals surface area contributed by atoms with Gasteiger partial charge in [-0.25, -0.2) is 12.1 Å². The Bertz CT molecular complexity index is 532. The molecule has 0 unspecified atom stereocenters. The van der Waals surface area contributed by atoms with Crippen LogP contribution in [0.1, 0.15) is 5.56 Å². The number of benzene rings is 1. The van der Waals surface area contributed by atoms with E-state index in [1.807, 2.05) is 85.0 Å². The molecular weight excluding hydrogens is 288 g/mol. The summed E-state index contributed by atoms with van der Waals surface area (Å²) in [6.07, 6.45) is 8.29. The normalized spacial score (nSPS) is 11.5. The molecule has 0 heterocycles. The van der Waals surface area contributed by atoms with Gasteiger partial charge in [-0.15, -0.1) is 0 Å². The molecule has 104 valence electrons. The fourth-order valence-corrected chi connectivity index (χ4v) is 1.78. The Kier molecular flexibility index (Phi) is 7.34. The molecule has 0 saturated heterocycles. The van der Waals surface area contributed by atoms with Gasteiger partial charge in [-0.2, -0.15) is 18.2 Å². The summed E-state index contributed by atoms with van der Waals surface area (Å²) in [6.45, 7) is 0. The van der Waals surface area contributed by atoms with Crippen LogP contribution < -0.4 is 0 Å². The smallest absolute Gasteiger partial charge is 0.104 e. The number of hydrogen-bond donors (Lipinski definition) is 1. The van der Waals surface area contributed by atoms with E-state index in [1.165, 1.54) is 0 Å². The van der Waals surface area contributed by atoms with Crippen molar-refractivity contribution in [2.24, 2.45) is 0 Å². The summed E-state index contributed by atoms with van der Waals surface area (Å²) in [5.74, 6) is 0.432. The second-order valence-electron chi connectivity index (χ2n) is 4.24. The largest absolute Gasteiger partial charge is 0.511 e. The van der Waals surface area contributed by atoms with Crippen molar-refractivity contribution in [3.05, 3.63) is 102 Å². The molecule has 2 aromatic rings. The summed E-state index contributed by atoms with van der Waals surface area (Å²) in [5, 5.41) is 9.78. The van der Waals surface area contributed by atoms with Gasteiger partial charge >= 0.3 is 0 Å². The van der Waals surface area contributed by atoms with Gasteiger partial charge in [0.15, 0.2) is 0 Å². The van der Waals surface area contributed by atoms with Crippen LogP contribution in [-0.4, -0.2) is 5.11 Å². The van der Waals surface area contributed by atoms with Crippen molar-refractivity contribution in [1.29, 1.82) is 0 Å². The average molecular weight is 305 g/mol. The molecular formula is C18H17FeO-. The van der Waals surface area contributed by atoms with E-state index in [2.05, 4.69) is 0 Å². The maximum absolute atomic E-state index is 9.78. The molecule has 1 nitrogen and oxygen atoms in total. The zero-order valence-corrected chi connectivity index (χ0v) is 12.2. The maximum atomic E-state index is 9.78. The standard InChI is InChI=1S/C13H12O.C5H5.Fe/c14-13(12-8-4-5-9-12)10-11-6-2-1-3-7-11;1-2-4-5-3-1;/h1-9,14H,10H2;1-5H;/q;-1;. The zero-order valence-electron chi connectivity index (χ0n) is 11.1. The molecule has 0 atom stereocenters. The minimum atomic E-state index is 0. The van der Waals surface area contributed by atoms with Crippen LogP contribution in [0.3, 0.4) is 0 Å². The van der Waals surface area contributed by atoms with Crippen molar-refractivity contribution in [2.75, 3.05) is 0 Å². The van der Waals surface area contributed by atoms with Crippen LogP contribution in [0, 0.1) is 0 Å². The van der Waals surface area contributed by atoms with Gasteiger partial charge in [-0.3, -0.25) is 0 Å². The number of hydrogen-bond acceptors (Lipinski definition) is 1. The first-order valence-electron chi connectivity index (χ1n) is 6.34. The summed E-state index contributed by atoms with van der Waals surface area (Å²) in [6, 6.07) is 20.0. The van der Waals surface area contributed by atoms with Gasteiger partial charge in [0.05, 0.1) is 0 Å². The van der Waals surface area contributed by atoms with E-state index in [0.29, 0.717) is 12.2 Å². The number of aliphatic hydroxyl groups excluding tert-OH is 1. The Balaban J connectivity index is 0.000000283. The van der Waals surface area contributed by atoms with Crippen LogP contribution in [-0.2, 0) is 23.5 Å². The summed E-state index contributed by atoms with van der Waals surface area (Å²) in [5.41, 5.74) is 2.04. The fraction of sp³-hybridized carbons (Fsp3) is 0.0556. The number of aliphatic hydroxyl groups is 1. The van der Waals surface area contributed by atoms with Crippen molar-refractivity contribution in [3.8, 4) is 0 Å². The molecule has 0 saturated carbocycles. The van der Waals surface area contributed by atoms with Crippen LogP contribution in [0.5, 0.6) is 0 Å². The van der Waals surface area contributed by atoms with Gasteiger partial charge in [0.1, 0.15) is 5.76 Å². The van der Waals surface area contributed by atoms with E-state index in [1.54, 1.807) is 0 Å². The molecule has 0 aromatic heterocycles. The maximum Gasteiger partial charge on any atom is 0.104 e. The molecule has 3 rings (SSSR count). The van der Waals surface area contributed by atoms with Crippen molar-refractivity contribution in [3.63, 3.8) is 0 Å². The molecule has 20 heavy (non-hydrogen) atoms. The average Bonchev–Trinajstić information content (AvgIpc) is 3.16. The fourth-order valence-electron chi connectivity index (χ4n) is 1.78. The second kappa shape index (κ2) is 9.08. The minimum Gasteiger partial charge on any atom is -0.511 e. The first-order valence-corrected chi connectivity index (χ1v) is 6.34. The molecule has 1 aliphatic rings. The molecule has 2 aromatic carbocycles. The van der Waals surface area contributed by atoms with Gasteiger partial charge in [0.2, 0.25) is 0 Å². The van der Waals surface area contributed by atoms with Crippen LogP contribution >= 0.6 is 0 Å². The van der Waals surface area contributed by atoms with Crippen LogP contribution in [0.15, 0.2) is 96.3 Å². The molecule has 0 aliphatic heterocycles. The SMILES string of the molecule is OC(Cc1ccccc1)=C1C=CC=C1.[Fe].c1cc[cH-]c1. The van der Waals surface area contributed by atoms with E-state index in [0.717, 1.165) is 11.1 Å². The van der Waals surface area contributed by atoms with Gasteiger partial charge in [-0.05, 0) is 5.56 Å². The molecule has 1 N–H and O–H groups in total. The first-order chi connectivity index (χ1) is 9.36. The minimum absolute atomic E-state index is 0. The third-order valence-corrected chi connectivity index (χ3v) is 2.77. The summed E-state index contributed by atoms with van der Waals surface area (Å²) < 4.78 is 0. The van der Waals surface area contributed by atoms with Crippen molar-refractivity contribution in [2.45, 2.75) is 6.42 Å². The van der Waals surface area contributed by atoms with Crippen LogP contribution in [0.2, 0.25) is 0 Å². The molecule has 2 heteroatoms. The zero-order chi connectivity index (χ0) is 13.3. The second-order valence-corrected chi connectivity index (χ2v) is 4.24. The summed E-state index contributed by atoms with van der Waals surface area (Å²) >= 11 is 0. The number of allylic oxidation sites excluding steroid dienone is 6.